The molecule has 0 bridgehead atoms. The largest absolute Gasteiger partial charge is 0.480 e. The molecule has 41 heavy (non-hydrogen) atoms. The van der Waals surface area contributed by atoms with Gasteiger partial charge in [0.05, 0.1) is 28.3 Å². The Morgan fingerprint density at radius 2 is 1.76 bits per heavy atom. The van der Waals surface area contributed by atoms with Crippen LogP contribution < -0.4 is 26.6 Å². The van der Waals surface area contributed by atoms with Crippen molar-refractivity contribution >= 4 is 52.6 Å². The van der Waals surface area contributed by atoms with E-state index in [0.29, 0.717) is 17.4 Å². The molecule has 12 heteroatoms. The van der Waals surface area contributed by atoms with Crippen LogP contribution in [-0.4, -0.2) is 60.6 Å². The van der Waals surface area contributed by atoms with Crippen LogP contribution in [-0.2, 0) is 9.59 Å². The molecule has 1 aliphatic heterocycles. The van der Waals surface area contributed by atoms with E-state index in [0.717, 1.165) is 37.9 Å². The van der Waals surface area contributed by atoms with Gasteiger partial charge >= 0.3 is 5.97 Å². The summed E-state index contributed by atoms with van der Waals surface area (Å²) in [5.41, 5.74) is 1.11. The fraction of sp³-hybridized carbons (Fsp3) is 0.448. The fourth-order valence-corrected chi connectivity index (χ4v) is 5.39. The fourth-order valence-electron chi connectivity index (χ4n) is 4.83. The second-order valence-electron chi connectivity index (χ2n) is 10.2. The summed E-state index contributed by atoms with van der Waals surface area (Å²) in [4.78, 5) is 49.3. The average molecular weight is 607 g/mol. The number of nitrogens with one attached hydrogen (secondary N) is 5. The van der Waals surface area contributed by atoms with Crippen molar-refractivity contribution in [2.24, 2.45) is 11.8 Å². The van der Waals surface area contributed by atoms with Crippen molar-refractivity contribution in [3.63, 3.8) is 0 Å². The Hall–Kier alpha value is -3.34. The number of rotatable bonds is 13. The lowest BCUT2D eigenvalue weighted by Gasteiger charge is -2.38. The summed E-state index contributed by atoms with van der Waals surface area (Å²) >= 11 is 12.0. The van der Waals surface area contributed by atoms with Gasteiger partial charge in [-0.1, -0.05) is 62.0 Å². The molecule has 0 saturated carbocycles. The van der Waals surface area contributed by atoms with E-state index in [1.807, 2.05) is 6.07 Å². The van der Waals surface area contributed by atoms with Crippen molar-refractivity contribution in [2.75, 3.05) is 25.0 Å². The Morgan fingerprint density at radius 1 is 1.05 bits per heavy atom. The van der Waals surface area contributed by atoms with E-state index < -0.39 is 36.3 Å². The van der Waals surface area contributed by atoms with Gasteiger partial charge in [-0.25, -0.2) is 4.79 Å². The first-order valence-corrected chi connectivity index (χ1v) is 14.5. The quantitative estimate of drug-likeness (QED) is 0.203. The predicted octanol–water partition coefficient (Wildman–Crippen LogP) is 3.90. The molecule has 3 amide bonds. The van der Waals surface area contributed by atoms with Crippen LogP contribution >= 0.6 is 23.2 Å². The molecule has 2 aromatic rings. The Kier molecular flexibility index (Phi) is 12.2. The van der Waals surface area contributed by atoms with Crippen molar-refractivity contribution in [3.8, 4) is 0 Å². The highest BCUT2D eigenvalue weighted by Crippen LogP contribution is 2.29. The number of halogens is 2. The number of piperidine rings is 1. The number of amides is 3. The molecule has 1 aliphatic rings. The first kappa shape index (κ1) is 32.2. The number of anilines is 1. The van der Waals surface area contributed by atoms with Crippen molar-refractivity contribution in [1.82, 2.24) is 21.3 Å². The Morgan fingerprint density at radius 3 is 2.44 bits per heavy atom. The molecule has 222 valence electrons. The van der Waals surface area contributed by atoms with Crippen molar-refractivity contribution in [1.29, 1.82) is 0 Å². The number of unbranched alkanes of at least 4 members (excludes halogenated alkanes) is 1. The summed E-state index contributed by atoms with van der Waals surface area (Å²) in [6.07, 6.45) is 4.66. The first-order valence-electron chi connectivity index (χ1n) is 13.7. The average Bonchev–Trinajstić information content (AvgIpc) is 2.93. The van der Waals surface area contributed by atoms with Gasteiger partial charge in [-0.3, -0.25) is 19.7 Å². The Labute approximate surface area is 249 Å². The van der Waals surface area contributed by atoms with Crippen LogP contribution in [0, 0.1) is 11.8 Å². The Balaban J connectivity index is 1.52. The summed E-state index contributed by atoms with van der Waals surface area (Å²) in [5, 5.41) is 24.0. The highest BCUT2D eigenvalue weighted by molar-refractivity contribution is 6.39. The van der Waals surface area contributed by atoms with E-state index in [1.165, 1.54) is 12.1 Å². The normalized spacial score (nSPS) is 19.1. The number of hydrogen-bond donors (Lipinski definition) is 6. The number of carbonyl (C=O) groups excluding carboxylic acids is 3. The lowest BCUT2D eigenvalue weighted by atomic mass is 9.82. The molecule has 1 heterocycles. The van der Waals surface area contributed by atoms with Crippen molar-refractivity contribution < 1.29 is 24.3 Å². The van der Waals surface area contributed by atoms with Gasteiger partial charge in [0.25, 0.3) is 11.8 Å². The Bertz CT molecular complexity index is 1220. The van der Waals surface area contributed by atoms with Crippen LogP contribution in [0.5, 0.6) is 0 Å². The van der Waals surface area contributed by atoms with Gasteiger partial charge in [-0.15, -0.1) is 0 Å². The van der Waals surface area contributed by atoms with E-state index >= 15 is 0 Å². The molecule has 3 unspecified atom stereocenters. The van der Waals surface area contributed by atoms with Gasteiger partial charge in [-0.2, -0.15) is 0 Å². The van der Waals surface area contributed by atoms with Crippen LogP contribution in [0.4, 0.5) is 5.69 Å². The van der Waals surface area contributed by atoms with E-state index in [4.69, 9.17) is 23.2 Å². The minimum absolute atomic E-state index is 0.0611. The van der Waals surface area contributed by atoms with Crippen LogP contribution in [0.3, 0.4) is 0 Å². The highest BCUT2D eigenvalue weighted by Gasteiger charge is 2.30. The number of benzene rings is 2. The topological polar surface area (TPSA) is 149 Å². The van der Waals surface area contributed by atoms with Crippen LogP contribution in [0.1, 0.15) is 60.2 Å². The molecule has 0 radical (unpaired) electrons. The van der Waals surface area contributed by atoms with Crippen molar-refractivity contribution in [3.05, 3.63) is 63.6 Å². The molecule has 1 fully saturated rings. The minimum Gasteiger partial charge on any atom is -0.480 e. The maximum Gasteiger partial charge on any atom is 0.328 e. The van der Waals surface area contributed by atoms with Gasteiger partial charge in [0, 0.05) is 17.8 Å². The molecule has 0 aliphatic carbocycles. The molecule has 1 saturated heterocycles. The van der Waals surface area contributed by atoms with Gasteiger partial charge in [0.1, 0.15) is 6.04 Å². The van der Waals surface area contributed by atoms with E-state index in [-0.39, 0.29) is 28.3 Å². The summed E-state index contributed by atoms with van der Waals surface area (Å²) in [6.45, 7) is 4.60. The van der Waals surface area contributed by atoms with Gasteiger partial charge < -0.3 is 26.4 Å². The van der Waals surface area contributed by atoms with Gasteiger partial charge in [-0.05, 0) is 61.6 Å². The van der Waals surface area contributed by atoms with Crippen LogP contribution in [0.15, 0.2) is 42.5 Å². The molecule has 6 N–H and O–H groups in total. The van der Waals surface area contributed by atoms with E-state index in [1.54, 1.807) is 24.3 Å². The second kappa shape index (κ2) is 15.6. The third-order valence-corrected chi connectivity index (χ3v) is 7.80. The molecular weight excluding hydrogens is 569 g/mol. The molecule has 2 aromatic carbocycles. The highest BCUT2D eigenvalue weighted by atomic mass is 35.5. The summed E-state index contributed by atoms with van der Waals surface area (Å²) in [7, 11) is 0. The zero-order valence-corrected chi connectivity index (χ0v) is 24.6. The molecule has 0 spiro atoms. The molecular formula is C29H37Cl2N5O5. The zero-order valence-electron chi connectivity index (χ0n) is 23.1. The zero-order chi connectivity index (χ0) is 29.9. The SMILES string of the molecule is CCCCC1C(C)CCNC1Nc1cccc(C(=O)NCC(=O)NC[C@H](NC(=O)c2c(Cl)cccc2Cl)C(=O)O)c1. The predicted molar refractivity (Wildman–Crippen MR) is 159 cm³/mol. The lowest BCUT2D eigenvalue weighted by molar-refractivity contribution is -0.139. The third kappa shape index (κ3) is 9.34. The second-order valence-corrected chi connectivity index (χ2v) is 11.0. The molecule has 4 atom stereocenters. The standard InChI is InChI=1S/C29H37Cl2N5O5/c1-3-4-9-20-17(2)12-13-32-26(20)35-19-8-5-7-18(14-19)27(38)34-16-24(37)33-15-23(29(40)41)36-28(39)25-21(30)10-6-11-22(25)31/h5-8,10-11,14,17,20,23,26,32,35H,3-4,9,12-13,15-16H2,1-2H3,(H,33,37)(H,34,38)(H,36,39)(H,40,41)/t17?,20?,23-,26?/m0/s1. The van der Waals surface area contributed by atoms with Gasteiger partial charge in [0.2, 0.25) is 5.91 Å². The summed E-state index contributed by atoms with van der Waals surface area (Å²) in [5.74, 6) is -2.16. The van der Waals surface area contributed by atoms with Crippen molar-refractivity contribution in [2.45, 2.75) is 51.7 Å². The van der Waals surface area contributed by atoms with Crippen LogP contribution in [0.25, 0.3) is 0 Å². The van der Waals surface area contributed by atoms with E-state index in [9.17, 15) is 24.3 Å². The molecule has 3 rings (SSSR count). The number of carboxylic acid groups (broad SMARTS) is 1. The van der Waals surface area contributed by atoms with E-state index in [2.05, 4.69) is 40.4 Å². The maximum absolute atomic E-state index is 12.8. The lowest BCUT2D eigenvalue weighted by Crippen LogP contribution is -2.50. The number of aliphatic carboxylic acids is 1. The first-order chi connectivity index (χ1) is 19.6. The maximum atomic E-state index is 12.8. The molecule has 10 nitrogen and oxygen atoms in total. The monoisotopic (exact) mass is 605 g/mol. The smallest absolute Gasteiger partial charge is 0.328 e. The molecule has 0 aromatic heterocycles. The summed E-state index contributed by atoms with van der Waals surface area (Å²) < 4.78 is 0. The van der Waals surface area contributed by atoms with Gasteiger partial charge in [0.15, 0.2) is 0 Å². The number of carbonyl (C=O) groups is 4. The minimum atomic E-state index is -1.45. The van der Waals surface area contributed by atoms with Crippen LogP contribution in [0.2, 0.25) is 10.0 Å². The number of carboxylic acids is 1. The summed E-state index contributed by atoms with van der Waals surface area (Å²) in [6, 6.07) is 10.1. The third-order valence-electron chi connectivity index (χ3n) is 7.17. The number of hydrogen-bond acceptors (Lipinski definition) is 6.